The van der Waals surface area contributed by atoms with Crippen LogP contribution in [0.15, 0.2) is 28.1 Å². The molecule has 2 atom stereocenters. The number of rotatable bonds is 5. The molecular weight excluding hydrogens is 332 g/mol. The number of thiophene rings is 1. The maximum Gasteiger partial charge on any atom is 0.232 e. The Kier molecular flexibility index (Phi) is 5.40. The number of hydrogen-bond acceptors (Lipinski definition) is 6. The van der Waals surface area contributed by atoms with Crippen molar-refractivity contribution >= 4 is 29.0 Å². The van der Waals surface area contributed by atoms with Crippen LogP contribution in [0, 0.1) is 0 Å². The van der Waals surface area contributed by atoms with Gasteiger partial charge in [-0.3, -0.25) is 4.79 Å². The summed E-state index contributed by atoms with van der Waals surface area (Å²) in [5.41, 5.74) is 0.870. The van der Waals surface area contributed by atoms with Crippen LogP contribution in [0.5, 0.6) is 0 Å². The first-order valence-electron chi connectivity index (χ1n) is 7.62. The van der Waals surface area contributed by atoms with Crippen LogP contribution in [0.3, 0.4) is 0 Å². The highest BCUT2D eigenvalue weighted by molar-refractivity contribution is 7.99. The zero-order valence-electron chi connectivity index (χ0n) is 13.2. The van der Waals surface area contributed by atoms with E-state index >= 15 is 0 Å². The monoisotopic (exact) mass is 352 g/mol. The lowest BCUT2D eigenvalue weighted by molar-refractivity contribution is -0.140. The predicted octanol–water partition coefficient (Wildman–Crippen LogP) is 3.27. The molecule has 0 saturated carbocycles. The van der Waals surface area contributed by atoms with Gasteiger partial charge in [0.25, 0.3) is 0 Å². The van der Waals surface area contributed by atoms with Gasteiger partial charge in [0.15, 0.2) is 5.76 Å². The quantitative estimate of drug-likeness (QED) is 0.827. The normalized spacial score (nSPS) is 21.6. The summed E-state index contributed by atoms with van der Waals surface area (Å²) in [5, 5.41) is 6.08. The van der Waals surface area contributed by atoms with E-state index in [-0.39, 0.29) is 18.1 Å². The Morgan fingerprint density at radius 1 is 1.43 bits per heavy atom. The van der Waals surface area contributed by atoms with E-state index in [0.717, 1.165) is 16.3 Å². The second-order valence-electron chi connectivity index (χ2n) is 5.71. The lowest BCUT2D eigenvalue weighted by Crippen LogP contribution is -2.48. The van der Waals surface area contributed by atoms with E-state index in [9.17, 15) is 4.79 Å². The molecule has 3 heterocycles. The Morgan fingerprint density at radius 3 is 2.91 bits per heavy atom. The second-order valence-corrected chi connectivity index (χ2v) is 7.64. The number of thioether (sulfide) groups is 1. The summed E-state index contributed by atoms with van der Waals surface area (Å²) in [7, 11) is 0. The topological polar surface area (TPSA) is 55.6 Å². The molecule has 7 heteroatoms. The molecule has 1 amide bonds. The van der Waals surface area contributed by atoms with E-state index in [1.165, 1.54) is 0 Å². The average molecular weight is 352 g/mol. The van der Waals surface area contributed by atoms with Crippen LogP contribution in [0.4, 0.5) is 0 Å². The van der Waals surface area contributed by atoms with Crippen molar-refractivity contribution in [3.8, 4) is 10.6 Å². The second kappa shape index (κ2) is 7.51. The zero-order valence-corrected chi connectivity index (χ0v) is 14.9. The first-order valence-corrected chi connectivity index (χ1v) is 9.65. The summed E-state index contributed by atoms with van der Waals surface area (Å²) >= 11 is 3.19. The van der Waals surface area contributed by atoms with E-state index in [1.807, 2.05) is 42.3 Å². The summed E-state index contributed by atoms with van der Waals surface area (Å²) < 4.78 is 11.0. The minimum Gasteiger partial charge on any atom is -0.372 e. The molecule has 3 rings (SSSR count). The molecule has 0 N–H and O–H groups in total. The Morgan fingerprint density at radius 2 is 2.22 bits per heavy atom. The third-order valence-electron chi connectivity index (χ3n) is 3.57. The van der Waals surface area contributed by atoms with Crippen molar-refractivity contribution in [3.05, 3.63) is 29.3 Å². The maximum absolute atomic E-state index is 12.3. The minimum absolute atomic E-state index is 0.108. The molecule has 2 unspecified atom stereocenters. The van der Waals surface area contributed by atoms with Crippen LogP contribution < -0.4 is 0 Å². The number of morpholine rings is 1. The van der Waals surface area contributed by atoms with Gasteiger partial charge in [-0.05, 0) is 25.3 Å². The van der Waals surface area contributed by atoms with E-state index in [4.69, 9.17) is 9.26 Å². The Hall–Kier alpha value is -1.31. The minimum atomic E-state index is 0.108. The Balaban J connectivity index is 1.47. The van der Waals surface area contributed by atoms with Crippen molar-refractivity contribution in [1.29, 1.82) is 0 Å². The molecule has 1 aliphatic heterocycles. The highest BCUT2D eigenvalue weighted by Crippen LogP contribution is 2.26. The highest BCUT2D eigenvalue weighted by Gasteiger charge is 2.25. The van der Waals surface area contributed by atoms with Crippen molar-refractivity contribution in [3.63, 3.8) is 0 Å². The molecule has 124 valence electrons. The van der Waals surface area contributed by atoms with Gasteiger partial charge in [0.05, 0.1) is 28.5 Å². The number of hydrogen-bond donors (Lipinski definition) is 0. The fourth-order valence-electron chi connectivity index (χ4n) is 2.63. The summed E-state index contributed by atoms with van der Waals surface area (Å²) in [6.45, 7) is 5.36. The van der Waals surface area contributed by atoms with Gasteiger partial charge in [-0.15, -0.1) is 23.1 Å². The van der Waals surface area contributed by atoms with Gasteiger partial charge in [-0.1, -0.05) is 11.2 Å². The average Bonchev–Trinajstić information content (AvgIpc) is 3.17. The van der Waals surface area contributed by atoms with Crippen molar-refractivity contribution in [2.24, 2.45) is 0 Å². The summed E-state index contributed by atoms with van der Waals surface area (Å²) in [5.74, 6) is 2.09. The van der Waals surface area contributed by atoms with Gasteiger partial charge in [0, 0.05) is 24.9 Å². The molecule has 0 radical (unpaired) electrons. The number of ether oxygens (including phenoxy) is 1. The number of carbonyl (C=O) groups excluding carboxylic acids is 1. The van der Waals surface area contributed by atoms with E-state index < -0.39 is 0 Å². The number of nitrogens with zero attached hydrogens (tertiary/aromatic N) is 2. The third-order valence-corrected chi connectivity index (χ3v) is 5.41. The lowest BCUT2D eigenvalue weighted by Gasteiger charge is -2.35. The molecular formula is C16H20N2O3S2. The first-order chi connectivity index (χ1) is 11.1. The first kappa shape index (κ1) is 16.5. The van der Waals surface area contributed by atoms with Gasteiger partial charge in [-0.25, -0.2) is 0 Å². The summed E-state index contributed by atoms with van der Waals surface area (Å²) in [6, 6.07) is 5.94. The van der Waals surface area contributed by atoms with Crippen LogP contribution in [0.2, 0.25) is 0 Å². The molecule has 23 heavy (non-hydrogen) atoms. The lowest BCUT2D eigenvalue weighted by atomic mass is 10.2. The Labute approximate surface area is 144 Å². The number of amides is 1. The van der Waals surface area contributed by atoms with Gasteiger partial charge < -0.3 is 14.2 Å². The molecule has 0 aliphatic carbocycles. The van der Waals surface area contributed by atoms with Gasteiger partial charge >= 0.3 is 0 Å². The number of aromatic nitrogens is 1. The smallest absolute Gasteiger partial charge is 0.232 e. The van der Waals surface area contributed by atoms with Crippen LogP contribution in [-0.2, 0) is 15.3 Å². The number of carbonyl (C=O) groups is 1. The molecule has 2 aromatic heterocycles. The predicted molar refractivity (Wildman–Crippen MR) is 92.6 cm³/mol. The SMILES string of the molecule is CC1CN(C(=O)CSCc2cc(-c3cccs3)on2)CC(C)O1. The summed E-state index contributed by atoms with van der Waals surface area (Å²) in [6.07, 6.45) is 0.216. The fraction of sp³-hybridized carbons (Fsp3) is 0.500. The zero-order chi connectivity index (χ0) is 16.2. The summed E-state index contributed by atoms with van der Waals surface area (Å²) in [4.78, 5) is 15.2. The van der Waals surface area contributed by atoms with Crippen molar-refractivity contribution in [2.45, 2.75) is 31.8 Å². The molecule has 0 spiro atoms. The molecule has 5 nitrogen and oxygen atoms in total. The van der Waals surface area contributed by atoms with Crippen molar-refractivity contribution < 1.29 is 14.1 Å². The third kappa shape index (κ3) is 4.37. The van der Waals surface area contributed by atoms with Gasteiger partial charge in [0.1, 0.15) is 0 Å². The maximum atomic E-state index is 12.3. The van der Waals surface area contributed by atoms with E-state index in [2.05, 4.69) is 5.16 Å². The van der Waals surface area contributed by atoms with Crippen LogP contribution >= 0.6 is 23.1 Å². The molecule has 2 aromatic rings. The van der Waals surface area contributed by atoms with Crippen LogP contribution in [0.25, 0.3) is 10.6 Å². The van der Waals surface area contributed by atoms with E-state index in [1.54, 1.807) is 23.1 Å². The Bertz CT molecular complexity index is 632. The van der Waals surface area contributed by atoms with Crippen molar-refractivity contribution in [2.75, 3.05) is 18.8 Å². The molecule has 1 aliphatic rings. The van der Waals surface area contributed by atoms with Gasteiger partial charge in [-0.2, -0.15) is 0 Å². The van der Waals surface area contributed by atoms with E-state index in [0.29, 0.717) is 24.6 Å². The molecule has 0 aromatic carbocycles. The standard InChI is InChI=1S/C16H20N2O3S2/c1-11-7-18(8-12(2)20-11)16(19)10-22-9-13-6-14(21-17-13)15-4-3-5-23-15/h3-6,11-12H,7-10H2,1-2H3. The highest BCUT2D eigenvalue weighted by atomic mass is 32.2. The molecule has 0 bridgehead atoms. The molecule has 1 fully saturated rings. The fourth-order valence-corrected chi connectivity index (χ4v) is 4.11. The largest absolute Gasteiger partial charge is 0.372 e. The molecule has 1 saturated heterocycles. The van der Waals surface area contributed by atoms with Crippen LogP contribution in [0.1, 0.15) is 19.5 Å². The van der Waals surface area contributed by atoms with Crippen LogP contribution in [-0.4, -0.2) is 47.0 Å². The van der Waals surface area contributed by atoms with Gasteiger partial charge in [0.2, 0.25) is 5.91 Å². The van der Waals surface area contributed by atoms with Crippen molar-refractivity contribution in [1.82, 2.24) is 10.1 Å².